The molecule has 0 bridgehead atoms. The molecule has 0 N–H and O–H groups in total. The molecule has 3 aromatic carbocycles. The number of nitrogens with zero attached hydrogens (tertiary/aromatic N) is 2. The lowest BCUT2D eigenvalue weighted by Gasteiger charge is -2.31. The largest absolute Gasteiger partial charge is 0.351 e. The molecule has 0 aromatic heterocycles. The van der Waals surface area contributed by atoms with E-state index in [1.807, 2.05) is 24.3 Å². The minimum Gasteiger partial charge on any atom is -0.351 e. The van der Waals surface area contributed by atoms with E-state index in [4.69, 9.17) is 4.99 Å². The summed E-state index contributed by atoms with van der Waals surface area (Å²) in [6.45, 7) is 1.69. The minimum absolute atomic E-state index is 0.226. The molecule has 0 amide bonds. The van der Waals surface area contributed by atoms with Crippen LogP contribution in [0.25, 0.3) is 0 Å². The van der Waals surface area contributed by atoms with E-state index in [9.17, 15) is 4.39 Å². The first-order valence-corrected chi connectivity index (χ1v) is 8.51. The maximum Gasteiger partial charge on any atom is 0.136 e. The Kier molecular flexibility index (Phi) is 4.30. The third-order valence-electron chi connectivity index (χ3n) is 4.49. The fourth-order valence-corrected chi connectivity index (χ4v) is 3.16. The average Bonchev–Trinajstić information content (AvgIpc) is 2.67. The molecule has 3 aromatic rings. The van der Waals surface area contributed by atoms with Crippen molar-refractivity contribution >= 4 is 11.5 Å². The van der Waals surface area contributed by atoms with E-state index in [2.05, 4.69) is 35.2 Å². The maximum absolute atomic E-state index is 13.3. The molecule has 2 nitrogen and oxygen atoms in total. The molecular formula is C22H19FN2. The van der Waals surface area contributed by atoms with Crippen molar-refractivity contribution in [3.05, 3.63) is 101 Å². The Hall–Kier alpha value is -2.94. The van der Waals surface area contributed by atoms with Gasteiger partial charge in [-0.05, 0) is 47.9 Å². The smallest absolute Gasteiger partial charge is 0.136 e. The van der Waals surface area contributed by atoms with Crippen LogP contribution in [0.2, 0.25) is 0 Å². The van der Waals surface area contributed by atoms with Crippen LogP contribution in [0, 0.1) is 5.82 Å². The van der Waals surface area contributed by atoms with E-state index < -0.39 is 0 Å². The highest BCUT2D eigenvalue weighted by Crippen LogP contribution is 2.28. The first-order chi connectivity index (χ1) is 12.3. The summed E-state index contributed by atoms with van der Waals surface area (Å²) in [6, 6.07) is 25.3. The molecule has 0 saturated carbocycles. The summed E-state index contributed by atoms with van der Waals surface area (Å²) in [6.07, 6.45) is 0.948. The molecule has 0 aliphatic carbocycles. The predicted molar refractivity (Wildman–Crippen MR) is 99.6 cm³/mol. The van der Waals surface area contributed by atoms with Crippen molar-refractivity contribution < 1.29 is 4.39 Å². The number of amidine groups is 1. The Morgan fingerprint density at radius 2 is 1.56 bits per heavy atom. The molecular weight excluding hydrogens is 311 g/mol. The lowest BCUT2D eigenvalue weighted by atomic mass is 10.1. The first-order valence-electron chi connectivity index (χ1n) is 8.51. The maximum atomic E-state index is 13.3. The number of fused-ring (bicyclic) bond motifs is 1. The van der Waals surface area contributed by atoms with Gasteiger partial charge in [0.15, 0.2) is 0 Å². The van der Waals surface area contributed by atoms with Gasteiger partial charge in [-0.3, -0.25) is 0 Å². The van der Waals surface area contributed by atoms with Gasteiger partial charge in [0, 0.05) is 18.7 Å². The van der Waals surface area contributed by atoms with Gasteiger partial charge in [-0.1, -0.05) is 48.5 Å². The zero-order valence-corrected chi connectivity index (χ0v) is 13.9. The third-order valence-corrected chi connectivity index (χ3v) is 4.49. The van der Waals surface area contributed by atoms with Crippen LogP contribution >= 0.6 is 0 Å². The van der Waals surface area contributed by atoms with Crippen LogP contribution in [-0.2, 0) is 13.0 Å². The monoisotopic (exact) mass is 330 g/mol. The number of hydrogen-bond donors (Lipinski definition) is 0. The lowest BCUT2D eigenvalue weighted by Crippen LogP contribution is -2.35. The summed E-state index contributed by atoms with van der Waals surface area (Å²) < 4.78 is 13.3. The van der Waals surface area contributed by atoms with E-state index in [0.29, 0.717) is 0 Å². The highest BCUT2D eigenvalue weighted by Gasteiger charge is 2.20. The Morgan fingerprint density at radius 3 is 2.36 bits per heavy atom. The molecule has 0 radical (unpaired) electrons. The summed E-state index contributed by atoms with van der Waals surface area (Å²) in [5.41, 5.74) is 4.47. The number of hydrogen-bond acceptors (Lipinski definition) is 2. The van der Waals surface area contributed by atoms with Crippen molar-refractivity contribution in [1.29, 1.82) is 0 Å². The molecule has 0 fully saturated rings. The third kappa shape index (κ3) is 3.45. The Labute approximate surface area is 147 Å². The highest BCUT2D eigenvalue weighted by atomic mass is 19.1. The molecule has 0 spiro atoms. The molecule has 1 aliphatic rings. The number of benzene rings is 3. The van der Waals surface area contributed by atoms with Crippen LogP contribution in [-0.4, -0.2) is 17.3 Å². The number of para-hydroxylation sites is 1. The summed E-state index contributed by atoms with van der Waals surface area (Å²) in [7, 11) is 0. The van der Waals surface area contributed by atoms with Gasteiger partial charge in [0.05, 0.1) is 5.69 Å². The van der Waals surface area contributed by atoms with Gasteiger partial charge in [-0.25, -0.2) is 9.38 Å². The molecule has 1 heterocycles. The molecule has 1 aliphatic heterocycles. The van der Waals surface area contributed by atoms with Gasteiger partial charge in [-0.15, -0.1) is 0 Å². The van der Waals surface area contributed by atoms with Crippen LogP contribution in [0.3, 0.4) is 0 Å². The van der Waals surface area contributed by atoms with Gasteiger partial charge in [0.25, 0.3) is 0 Å². The topological polar surface area (TPSA) is 15.6 Å². The van der Waals surface area contributed by atoms with E-state index in [-0.39, 0.29) is 5.82 Å². The zero-order chi connectivity index (χ0) is 17.1. The van der Waals surface area contributed by atoms with Crippen molar-refractivity contribution in [2.45, 2.75) is 13.0 Å². The SMILES string of the molecule is Fc1ccc(C2=Nc3ccccc3CN2CCc2ccccc2)cc1. The molecule has 0 atom stereocenters. The number of aliphatic imine (C=N–C) groups is 1. The van der Waals surface area contributed by atoms with Crippen LogP contribution in [0.1, 0.15) is 16.7 Å². The van der Waals surface area contributed by atoms with Crippen LogP contribution in [0.5, 0.6) is 0 Å². The second kappa shape index (κ2) is 6.89. The summed E-state index contributed by atoms with van der Waals surface area (Å²) >= 11 is 0. The standard InChI is InChI=1S/C22H19FN2/c23-20-12-10-18(11-13-20)22-24-21-9-5-4-8-19(21)16-25(22)15-14-17-6-2-1-3-7-17/h1-13H,14-16H2. The van der Waals surface area contributed by atoms with Gasteiger partial charge in [0.1, 0.15) is 11.7 Å². The Bertz CT molecular complexity index is 885. The molecule has 25 heavy (non-hydrogen) atoms. The summed E-state index contributed by atoms with van der Waals surface area (Å²) in [5.74, 6) is 0.686. The lowest BCUT2D eigenvalue weighted by molar-refractivity contribution is 0.412. The predicted octanol–water partition coefficient (Wildman–Crippen LogP) is 4.96. The van der Waals surface area contributed by atoms with Crippen LogP contribution in [0.15, 0.2) is 83.9 Å². The highest BCUT2D eigenvalue weighted by molar-refractivity contribution is 6.01. The fraction of sp³-hybridized carbons (Fsp3) is 0.136. The van der Waals surface area contributed by atoms with E-state index in [1.165, 1.54) is 23.3 Å². The molecule has 0 unspecified atom stereocenters. The Morgan fingerprint density at radius 1 is 0.840 bits per heavy atom. The van der Waals surface area contributed by atoms with Gasteiger partial charge in [0.2, 0.25) is 0 Å². The van der Waals surface area contributed by atoms with Gasteiger partial charge in [-0.2, -0.15) is 0 Å². The second-order valence-corrected chi connectivity index (χ2v) is 6.23. The minimum atomic E-state index is -0.226. The van der Waals surface area contributed by atoms with Crippen molar-refractivity contribution in [1.82, 2.24) is 4.90 Å². The number of halogens is 1. The fourth-order valence-electron chi connectivity index (χ4n) is 3.16. The van der Waals surface area contributed by atoms with Crippen molar-refractivity contribution in [2.75, 3.05) is 6.54 Å². The quantitative estimate of drug-likeness (QED) is 0.660. The first kappa shape index (κ1) is 15.6. The Balaban J connectivity index is 1.65. The van der Waals surface area contributed by atoms with Crippen molar-refractivity contribution in [3.63, 3.8) is 0 Å². The zero-order valence-electron chi connectivity index (χ0n) is 13.9. The van der Waals surface area contributed by atoms with E-state index in [0.717, 1.165) is 36.6 Å². The number of rotatable bonds is 4. The van der Waals surface area contributed by atoms with E-state index >= 15 is 0 Å². The molecule has 4 rings (SSSR count). The van der Waals surface area contributed by atoms with Crippen LogP contribution in [0.4, 0.5) is 10.1 Å². The van der Waals surface area contributed by atoms with Crippen LogP contribution < -0.4 is 0 Å². The van der Waals surface area contributed by atoms with Crippen molar-refractivity contribution in [3.8, 4) is 0 Å². The normalized spacial score (nSPS) is 13.3. The average molecular weight is 330 g/mol. The van der Waals surface area contributed by atoms with E-state index in [1.54, 1.807) is 12.1 Å². The molecule has 0 saturated heterocycles. The molecule has 3 heteroatoms. The van der Waals surface area contributed by atoms with Gasteiger partial charge >= 0.3 is 0 Å². The summed E-state index contributed by atoms with van der Waals surface area (Å²) in [4.78, 5) is 7.14. The second-order valence-electron chi connectivity index (χ2n) is 6.23. The van der Waals surface area contributed by atoms with Crippen molar-refractivity contribution in [2.24, 2.45) is 4.99 Å². The summed E-state index contributed by atoms with van der Waals surface area (Å²) in [5, 5.41) is 0. The van der Waals surface area contributed by atoms with Gasteiger partial charge < -0.3 is 4.90 Å². The molecule has 124 valence electrons.